The Balaban J connectivity index is 2.18. The van der Waals surface area contributed by atoms with Crippen LogP contribution in [0.4, 0.5) is 0 Å². The van der Waals surface area contributed by atoms with Gasteiger partial charge in [-0.05, 0) is 12.6 Å². The topological polar surface area (TPSA) is 58.8 Å². The first-order valence-corrected chi connectivity index (χ1v) is 6.92. The lowest BCUT2D eigenvalue weighted by Crippen LogP contribution is -2.54. The third-order valence-corrected chi connectivity index (χ3v) is 3.71. The molecule has 0 aromatic heterocycles. The molecule has 1 fully saturated rings. The van der Waals surface area contributed by atoms with E-state index in [-0.39, 0.29) is 18.6 Å². The van der Waals surface area contributed by atoms with Crippen molar-refractivity contribution in [3.63, 3.8) is 0 Å². The molecule has 1 amide bonds. The van der Waals surface area contributed by atoms with E-state index in [9.17, 15) is 4.79 Å². The van der Waals surface area contributed by atoms with Crippen molar-refractivity contribution in [1.82, 2.24) is 9.80 Å². The standard InChI is InChI=1S/C15H23N3O2/c1-17-8-9-18(15(19)13(16)11-20-2)14(10-17)12-6-4-3-5-7-12/h3-7,13-14H,8-11,16H2,1-2H3. The third kappa shape index (κ3) is 3.36. The molecule has 1 saturated heterocycles. The van der Waals surface area contributed by atoms with E-state index in [1.807, 2.05) is 23.1 Å². The smallest absolute Gasteiger partial charge is 0.242 e. The molecule has 1 aromatic rings. The summed E-state index contributed by atoms with van der Waals surface area (Å²) in [6.07, 6.45) is 0. The zero-order valence-electron chi connectivity index (χ0n) is 12.2. The fraction of sp³-hybridized carbons (Fsp3) is 0.533. The second kappa shape index (κ2) is 6.83. The van der Waals surface area contributed by atoms with Crippen molar-refractivity contribution >= 4 is 5.91 Å². The van der Waals surface area contributed by atoms with E-state index in [0.717, 1.165) is 18.7 Å². The van der Waals surface area contributed by atoms with Gasteiger partial charge in [0.2, 0.25) is 5.91 Å². The highest BCUT2D eigenvalue weighted by atomic mass is 16.5. The zero-order valence-corrected chi connectivity index (χ0v) is 12.2. The van der Waals surface area contributed by atoms with Gasteiger partial charge in [0.15, 0.2) is 0 Å². The van der Waals surface area contributed by atoms with Gasteiger partial charge in [0.1, 0.15) is 6.04 Å². The fourth-order valence-electron chi connectivity index (χ4n) is 2.61. The van der Waals surface area contributed by atoms with Crippen LogP contribution < -0.4 is 5.73 Å². The number of piperazine rings is 1. The number of carbonyl (C=O) groups excluding carboxylic acids is 1. The van der Waals surface area contributed by atoms with Crippen LogP contribution in [0.3, 0.4) is 0 Å². The Kier molecular flexibility index (Phi) is 5.11. The SMILES string of the molecule is COCC(N)C(=O)N1CCN(C)CC1c1ccccc1. The van der Waals surface area contributed by atoms with Crippen LogP contribution in [0.5, 0.6) is 0 Å². The number of amides is 1. The molecule has 0 aliphatic carbocycles. The normalized spacial score (nSPS) is 21.8. The Morgan fingerprint density at radius 3 is 2.75 bits per heavy atom. The second-order valence-electron chi connectivity index (χ2n) is 5.28. The summed E-state index contributed by atoms with van der Waals surface area (Å²) in [5.41, 5.74) is 7.05. The highest BCUT2D eigenvalue weighted by molar-refractivity contribution is 5.82. The maximum Gasteiger partial charge on any atom is 0.242 e. The van der Waals surface area contributed by atoms with Crippen LogP contribution in [0, 0.1) is 0 Å². The average Bonchev–Trinajstić information content (AvgIpc) is 2.47. The minimum atomic E-state index is -0.588. The lowest BCUT2D eigenvalue weighted by molar-refractivity contribution is -0.138. The summed E-state index contributed by atoms with van der Waals surface area (Å²) in [5.74, 6) is -0.0335. The van der Waals surface area contributed by atoms with E-state index in [2.05, 4.69) is 24.1 Å². The molecule has 2 rings (SSSR count). The van der Waals surface area contributed by atoms with Gasteiger partial charge in [0, 0.05) is 26.7 Å². The minimum Gasteiger partial charge on any atom is -0.383 e. The van der Waals surface area contributed by atoms with Gasteiger partial charge in [-0.3, -0.25) is 4.79 Å². The van der Waals surface area contributed by atoms with E-state index in [4.69, 9.17) is 10.5 Å². The first-order chi connectivity index (χ1) is 9.63. The number of hydrogen-bond donors (Lipinski definition) is 1. The number of carbonyl (C=O) groups is 1. The van der Waals surface area contributed by atoms with Gasteiger partial charge in [0.25, 0.3) is 0 Å². The number of methoxy groups -OCH3 is 1. The molecule has 0 bridgehead atoms. The quantitative estimate of drug-likeness (QED) is 0.869. The lowest BCUT2D eigenvalue weighted by Gasteiger charge is -2.41. The molecule has 2 unspecified atom stereocenters. The molecule has 1 aliphatic rings. The number of ether oxygens (including phenoxy) is 1. The van der Waals surface area contributed by atoms with Crippen LogP contribution in [-0.4, -0.2) is 62.1 Å². The first kappa shape index (κ1) is 15.0. The molecule has 5 heteroatoms. The lowest BCUT2D eigenvalue weighted by atomic mass is 10.0. The number of nitrogens with two attached hydrogens (primary N) is 1. The third-order valence-electron chi connectivity index (χ3n) is 3.71. The van der Waals surface area contributed by atoms with Gasteiger partial charge in [-0.15, -0.1) is 0 Å². The largest absolute Gasteiger partial charge is 0.383 e. The Morgan fingerprint density at radius 2 is 2.10 bits per heavy atom. The molecule has 0 saturated carbocycles. The van der Waals surface area contributed by atoms with Crippen LogP contribution in [-0.2, 0) is 9.53 Å². The highest BCUT2D eigenvalue weighted by Gasteiger charge is 2.32. The first-order valence-electron chi connectivity index (χ1n) is 6.92. The Bertz CT molecular complexity index is 438. The van der Waals surface area contributed by atoms with E-state index in [1.54, 1.807) is 7.11 Å². The molecule has 1 heterocycles. The number of rotatable bonds is 4. The van der Waals surface area contributed by atoms with Gasteiger partial charge in [-0.2, -0.15) is 0 Å². The zero-order chi connectivity index (χ0) is 14.5. The Morgan fingerprint density at radius 1 is 1.40 bits per heavy atom. The van der Waals surface area contributed by atoms with Gasteiger partial charge >= 0.3 is 0 Å². The van der Waals surface area contributed by atoms with Crippen LogP contribution in [0.2, 0.25) is 0 Å². The summed E-state index contributed by atoms with van der Waals surface area (Å²) in [6, 6.07) is 9.58. The van der Waals surface area contributed by atoms with Crippen molar-refractivity contribution in [2.45, 2.75) is 12.1 Å². The summed E-state index contributed by atoms with van der Waals surface area (Å²) in [6.45, 7) is 2.66. The van der Waals surface area contributed by atoms with Crippen LogP contribution in [0.1, 0.15) is 11.6 Å². The fourth-order valence-corrected chi connectivity index (χ4v) is 2.61. The molecule has 1 aromatic carbocycles. The van der Waals surface area contributed by atoms with Gasteiger partial charge in [-0.1, -0.05) is 30.3 Å². The van der Waals surface area contributed by atoms with Gasteiger partial charge < -0.3 is 20.3 Å². The van der Waals surface area contributed by atoms with Crippen molar-refractivity contribution in [3.05, 3.63) is 35.9 Å². The van der Waals surface area contributed by atoms with E-state index >= 15 is 0 Å². The maximum absolute atomic E-state index is 12.5. The molecule has 1 aliphatic heterocycles. The van der Waals surface area contributed by atoms with Gasteiger partial charge in [0.05, 0.1) is 12.6 Å². The van der Waals surface area contributed by atoms with Crippen LogP contribution in [0.25, 0.3) is 0 Å². The van der Waals surface area contributed by atoms with Crippen molar-refractivity contribution in [2.24, 2.45) is 5.73 Å². The molecular formula is C15H23N3O2. The van der Waals surface area contributed by atoms with Crippen molar-refractivity contribution in [2.75, 3.05) is 40.4 Å². The number of nitrogens with zero attached hydrogens (tertiary/aromatic N) is 2. The summed E-state index contributed by atoms with van der Waals surface area (Å²) in [7, 11) is 3.64. The van der Waals surface area contributed by atoms with Crippen molar-refractivity contribution in [3.8, 4) is 0 Å². The van der Waals surface area contributed by atoms with Crippen molar-refractivity contribution < 1.29 is 9.53 Å². The summed E-state index contributed by atoms with van der Waals surface area (Å²) in [4.78, 5) is 16.6. The predicted molar refractivity (Wildman–Crippen MR) is 78.2 cm³/mol. The molecule has 20 heavy (non-hydrogen) atoms. The molecule has 110 valence electrons. The summed E-state index contributed by atoms with van der Waals surface area (Å²) >= 11 is 0. The predicted octanol–water partition coefficient (Wildman–Crippen LogP) is 0.475. The molecule has 2 atom stereocenters. The molecule has 0 radical (unpaired) electrons. The summed E-state index contributed by atoms with van der Waals surface area (Å²) < 4.78 is 4.99. The van der Waals surface area contributed by atoms with Crippen molar-refractivity contribution in [1.29, 1.82) is 0 Å². The molecule has 5 nitrogen and oxygen atoms in total. The van der Waals surface area contributed by atoms with Crippen LogP contribution in [0.15, 0.2) is 30.3 Å². The number of benzene rings is 1. The second-order valence-corrected chi connectivity index (χ2v) is 5.28. The molecule has 2 N–H and O–H groups in total. The number of likely N-dealkylation sites (N-methyl/N-ethyl adjacent to an activating group) is 1. The number of hydrogen-bond acceptors (Lipinski definition) is 4. The summed E-state index contributed by atoms with van der Waals surface area (Å²) in [5, 5.41) is 0. The van der Waals surface area contributed by atoms with E-state index < -0.39 is 6.04 Å². The maximum atomic E-state index is 12.5. The van der Waals surface area contributed by atoms with Gasteiger partial charge in [-0.25, -0.2) is 0 Å². The monoisotopic (exact) mass is 277 g/mol. The van der Waals surface area contributed by atoms with Crippen LogP contribution >= 0.6 is 0 Å². The highest BCUT2D eigenvalue weighted by Crippen LogP contribution is 2.25. The minimum absolute atomic E-state index is 0.0335. The van der Waals surface area contributed by atoms with E-state index in [0.29, 0.717) is 6.54 Å². The Hall–Kier alpha value is -1.43. The Labute approximate surface area is 120 Å². The van der Waals surface area contributed by atoms with E-state index in [1.165, 1.54) is 0 Å². The molecular weight excluding hydrogens is 254 g/mol. The average molecular weight is 277 g/mol. The molecule has 0 spiro atoms.